The van der Waals surface area contributed by atoms with Gasteiger partial charge in [0.25, 0.3) is 0 Å². The van der Waals surface area contributed by atoms with Crippen molar-refractivity contribution in [2.24, 2.45) is 0 Å². The second kappa shape index (κ2) is 4.08. The van der Waals surface area contributed by atoms with Crippen LogP contribution < -0.4 is 0 Å². The maximum absolute atomic E-state index is 12.3. The Morgan fingerprint density at radius 2 is 1.68 bits per heavy atom. The van der Waals surface area contributed by atoms with Gasteiger partial charge in [-0.1, -0.05) is 30.3 Å². The third kappa shape index (κ3) is 1.74. The molecule has 0 amide bonds. The van der Waals surface area contributed by atoms with Gasteiger partial charge in [-0.3, -0.25) is 0 Å². The average Bonchev–Trinajstić information content (AvgIpc) is 2.60. The molecule has 1 atom stereocenters. The minimum absolute atomic E-state index is 0.167. The monoisotopic (exact) mass is 275 g/mol. The van der Waals surface area contributed by atoms with Crippen LogP contribution in [0.4, 0.5) is 0 Å². The Hall–Kier alpha value is -1.85. The van der Waals surface area contributed by atoms with Gasteiger partial charge in [-0.15, -0.1) is 0 Å². The Balaban J connectivity index is 2.21. The molecule has 5 heteroatoms. The standard InChI is InChI=1S/C14H13NO3S/c1-15-14(10-6-8-11(16)9-7-10)12-4-2-3-5-13(12)19(15,17)18/h2-9,14,16H,1H3/t14-/m0/s1. The molecule has 0 aliphatic carbocycles. The summed E-state index contributed by atoms with van der Waals surface area (Å²) in [6, 6.07) is 13.3. The van der Waals surface area contributed by atoms with Crippen molar-refractivity contribution in [3.05, 3.63) is 59.7 Å². The molecule has 0 bridgehead atoms. The highest BCUT2D eigenvalue weighted by Crippen LogP contribution is 2.41. The van der Waals surface area contributed by atoms with E-state index in [0.717, 1.165) is 11.1 Å². The number of rotatable bonds is 1. The molecule has 1 aliphatic heterocycles. The number of aromatic hydroxyl groups is 1. The van der Waals surface area contributed by atoms with E-state index in [1.807, 2.05) is 12.1 Å². The number of nitrogens with zero attached hydrogens (tertiary/aromatic N) is 1. The lowest BCUT2D eigenvalue weighted by Gasteiger charge is -2.19. The molecule has 0 saturated carbocycles. The second-order valence-corrected chi connectivity index (χ2v) is 6.52. The summed E-state index contributed by atoms with van der Waals surface area (Å²) in [4.78, 5) is 0.357. The average molecular weight is 275 g/mol. The van der Waals surface area contributed by atoms with E-state index in [2.05, 4.69) is 0 Å². The molecular formula is C14H13NO3S. The molecule has 3 rings (SSSR count). The van der Waals surface area contributed by atoms with E-state index in [9.17, 15) is 13.5 Å². The maximum atomic E-state index is 12.3. The normalized spacial score (nSPS) is 21.2. The molecule has 0 spiro atoms. The Kier molecular flexibility index (Phi) is 2.62. The molecule has 19 heavy (non-hydrogen) atoms. The van der Waals surface area contributed by atoms with Crippen molar-refractivity contribution in [3.63, 3.8) is 0 Å². The van der Waals surface area contributed by atoms with E-state index < -0.39 is 10.0 Å². The minimum atomic E-state index is -3.42. The van der Waals surface area contributed by atoms with Crippen LogP contribution in [0.3, 0.4) is 0 Å². The fraction of sp³-hybridized carbons (Fsp3) is 0.143. The van der Waals surface area contributed by atoms with E-state index in [-0.39, 0.29) is 11.8 Å². The SMILES string of the molecule is CN1[C@@H](c2ccc(O)cc2)c2ccccc2S1(=O)=O. The van der Waals surface area contributed by atoms with E-state index in [1.54, 1.807) is 43.4 Å². The molecule has 0 fully saturated rings. The largest absolute Gasteiger partial charge is 0.508 e. The van der Waals surface area contributed by atoms with Crippen LogP contribution in [0, 0.1) is 0 Å². The molecule has 98 valence electrons. The quantitative estimate of drug-likeness (QED) is 0.867. The van der Waals surface area contributed by atoms with Gasteiger partial charge < -0.3 is 5.11 Å². The van der Waals surface area contributed by atoms with Gasteiger partial charge in [0.15, 0.2) is 0 Å². The molecule has 1 N–H and O–H groups in total. The topological polar surface area (TPSA) is 57.6 Å². The van der Waals surface area contributed by atoms with Gasteiger partial charge in [0, 0.05) is 7.05 Å². The molecule has 4 nitrogen and oxygen atoms in total. The van der Waals surface area contributed by atoms with Gasteiger partial charge in [-0.2, -0.15) is 4.31 Å². The summed E-state index contributed by atoms with van der Waals surface area (Å²) >= 11 is 0. The molecule has 0 radical (unpaired) electrons. The number of fused-ring (bicyclic) bond motifs is 1. The van der Waals surface area contributed by atoms with Gasteiger partial charge in [0.2, 0.25) is 10.0 Å². The number of phenolic OH excluding ortho intramolecular Hbond substituents is 1. The van der Waals surface area contributed by atoms with Crippen molar-refractivity contribution in [1.29, 1.82) is 0 Å². The van der Waals surface area contributed by atoms with Crippen LogP contribution >= 0.6 is 0 Å². The molecule has 0 aromatic heterocycles. The third-order valence-corrected chi connectivity index (χ3v) is 5.34. The predicted molar refractivity (Wildman–Crippen MR) is 71.3 cm³/mol. The van der Waals surface area contributed by atoms with E-state index >= 15 is 0 Å². The van der Waals surface area contributed by atoms with Gasteiger partial charge in [-0.05, 0) is 29.3 Å². The lowest BCUT2D eigenvalue weighted by atomic mass is 9.99. The summed E-state index contributed by atoms with van der Waals surface area (Å²) in [5.41, 5.74) is 1.62. The highest BCUT2D eigenvalue weighted by molar-refractivity contribution is 7.89. The predicted octanol–water partition coefficient (Wildman–Crippen LogP) is 2.12. The zero-order chi connectivity index (χ0) is 13.6. The molecule has 2 aromatic rings. The molecule has 0 unspecified atom stereocenters. The van der Waals surface area contributed by atoms with Crippen molar-refractivity contribution in [1.82, 2.24) is 4.31 Å². The van der Waals surface area contributed by atoms with Crippen LogP contribution in [0.1, 0.15) is 17.2 Å². The second-order valence-electron chi connectivity index (χ2n) is 4.55. The van der Waals surface area contributed by atoms with Crippen molar-refractivity contribution >= 4 is 10.0 Å². The molecular weight excluding hydrogens is 262 g/mol. The van der Waals surface area contributed by atoms with Gasteiger partial charge >= 0.3 is 0 Å². The molecule has 1 heterocycles. The van der Waals surface area contributed by atoms with Crippen LogP contribution in [0.25, 0.3) is 0 Å². The zero-order valence-electron chi connectivity index (χ0n) is 10.3. The summed E-state index contributed by atoms with van der Waals surface area (Å²) < 4.78 is 26.0. The Labute approximate surface area is 112 Å². The summed E-state index contributed by atoms with van der Waals surface area (Å²) in [6.07, 6.45) is 0. The van der Waals surface area contributed by atoms with Crippen LogP contribution in [0.15, 0.2) is 53.4 Å². The van der Waals surface area contributed by atoms with Crippen LogP contribution in [0.5, 0.6) is 5.75 Å². The molecule has 2 aromatic carbocycles. The first-order valence-corrected chi connectivity index (χ1v) is 7.32. The Morgan fingerprint density at radius 3 is 2.37 bits per heavy atom. The van der Waals surface area contributed by atoms with Gasteiger partial charge in [-0.25, -0.2) is 8.42 Å². The first-order valence-electron chi connectivity index (χ1n) is 5.88. The van der Waals surface area contributed by atoms with E-state index in [0.29, 0.717) is 4.90 Å². The Bertz CT molecular complexity index is 723. The lowest BCUT2D eigenvalue weighted by molar-refractivity contribution is 0.439. The van der Waals surface area contributed by atoms with Crippen molar-refractivity contribution in [3.8, 4) is 5.75 Å². The molecule has 0 saturated heterocycles. The zero-order valence-corrected chi connectivity index (χ0v) is 11.1. The van der Waals surface area contributed by atoms with E-state index in [4.69, 9.17) is 0 Å². The third-order valence-electron chi connectivity index (χ3n) is 3.44. The lowest BCUT2D eigenvalue weighted by Crippen LogP contribution is -2.24. The number of benzene rings is 2. The van der Waals surface area contributed by atoms with Crippen LogP contribution in [-0.2, 0) is 10.0 Å². The smallest absolute Gasteiger partial charge is 0.244 e. The van der Waals surface area contributed by atoms with Crippen molar-refractivity contribution in [2.75, 3.05) is 7.05 Å². The fourth-order valence-corrected chi connectivity index (χ4v) is 4.03. The van der Waals surface area contributed by atoms with Crippen molar-refractivity contribution < 1.29 is 13.5 Å². The Morgan fingerprint density at radius 1 is 1.05 bits per heavy atom. The number of hydrogen-bond donors (Lipinski definition) is 1. The minimum Gasteiger partial charge on any atom is -0.508 e. The number of phenols is 1. The van der Waals surface area contributed by atoms with Crippen LogP contribution in [-0.4, -0.2) is 24.9 Å². The molecule has 1 aliphatic rings. The van der Waals surface area contributed by atoms with E-state index in [1.165, 1.54) is 4.31 Å². The first kappa shape index (κ1) is 12.2. The fourth-order valence-electron chi connectivity index (χ4n) is 2.48. The van der Waals surface area contributed by atoms with Gasteiger partial charge in [0.05, 0.1) is 10.9 Å². The summed E-state index contributed by atoms with van der Waals surface area (Å²) in [5.74, 6) is 0.167. The summed E-state index contributed by atoms with van der Waals surface area (Å²) in [5, 5.41) is 9.33. The summed E-state index contributed by atoms with van der Waals surface area (Å²) in [6.45, 7) is 0. The first-order chi connectivity index (χ1) is 9.01. The highest BCUT2D eigenvalue weighted by atomic mass is 32.2. The van der Waals surface area contributed by atoms with Crippen LogP contribution in [0.2, 0.25) is 0 Å². The highest BCUT2D eigenvalue weighted by Gasteiger charge is 2.40. The van der Waals surface area contributed by atoms with Crippen molar-refractivity contribution in [2.45, 2.75) is 10.9 Å². The summed E-state index contributed by atoms with van der Waals surface area (Å²) in [7, 11) is -1.84. The maximum Gasteiger partial charge on any atom is 0.244 e. The van der Waals surface area contributed by atoms with Gasteiger partial charge in [0.1, 0.15) is 5.75 Å². The number of sulfonamides is 1. The number of hydrogen-bond acceptors (Lipinski definition) is 3.